The minimum absolute atomic E-state index is 0.323. The van der Waals surface area contributed by atoms with Gasteiger partial charge in [0.05, 0.1) is 18.0 Å². The van der Waals surface area contributed by atoms with E-state index in [-0.39, 0.29) is 0 Å². The summed E-state index contributed by atoms with van der Waals surface area (Å²) >= 11 is 0. The summed E-state index contributed by atoms with van der Waals surface area (Å²) in [6.07, 6.45) is 1.10. The molecule has 5 heteroatoms. The third-order valence-corrected chi connectivity index (χ3v) is 1.63. The summed E-state index contributed by atoms with van der Waals surface area (Å²) in [5, 5.41) is 3.84. The quantitative estimate of drug-likeness (QED) is 0.604. The Hall–Kier alpha value is -1.91. The first-order valence-corrected chi connectivity index (χ1v) is 4.62. The lowest BCUT2D eigenvalue weighted by molar-refractivity contribution is 0.152. The third-order valence-electron chi connectivity index (χ3n) is 1.63. The number of hydrogen-bond donors (Lipinski definition) is 1. The molecule has 0 aliphatic carbocycles. The van der Waals surface area contributed by atoms with Gasteiger partial charge in [-0.3, -0.25) is 4.98 Å². The van der Waals surface area contributed by atoms with Gasteiger partial charge in [-0.1, -0.05) is 6.07 Å². The van der Waals surface area contributed by atoms with E-state index in [0.717, 1.165) is 0 Å². The van der Waals surface area contributed by atoms with Crippen LogP contribution in [0.3, 0.4) is 0 Å². The van der Waals surface area contributed by atoms with Crippen molar-refractivity contribution in [2.45, 2.75) is 13.8 Å². The van der Waals surface area contributed by atoms with Gasteiger partial charge in [-0.15, -0.1) is 0 Å². The van der Waals surface area contributed by atoms with E-state index in [2.05, 4.69) is 20.2 Å². The van der Waals surface area contributed by atoms with Gasteiger partial charge in [-0.2, -0.15) is 5.10 Å². The Balaban J connectivity index is 2.57. The van der Waals surface area contributed by atoms with Crippen molar-refractivity contribution in [2.24, 2.45) is 5.10 Å². The van der Waals surface area contributed by atoms with E-state index in [1.165, 1.54) is 0 Å². The first kappa shape index (κ1) is 11.2. The van der Waals surface area contributed by atoms with Gasteiger partial charge in [0.15, 0.2) is 0 Å². The molecule has 1 amide bonds. The van der Waals surface area contributed by atoms with E-state index in [1.54, 1.807) is 20.0 Å². The zero-order valence-corrected chi connectivity index (χ0v) is 8.73. The second-order valence-corrected chi connectivity index (χ2v) is 2.74. The summed E-state index contributed by atoms with van der Waals surface area (Å²) in [4.78, 5) is 15.0. The molecule has 0 spiro atoms. The fourth-order valence-corrected chi connectivity index (χ4v) is 0.927. The lowest BCUT2D eigenvalue weighted by atomic mass is 10.3. The molecule has 0 aromatic carbocycles. The van der Waals surface area contributed by atoms with Gasteiger partial charge in [0, 0.05) is 6.20 Å². The summed E-state index contributed by atoms with van der Waals surface area (Å²) in [6.45, 7) is 3.81. The molecular weight excluding hydrogens is 194 g/mol. The van der Waals surface area contributed by atoms with Crippen LogP contribution in [0.4, 0.5) is 4.79 Å². The Morgan fingerprint density at radius 2 is 2.40 bits per heavy atom. The average molecular weight is 207 g/mol. The van der Waals surface area contributed by atoms with Crippen molar-refractivity contribution in [1.29, 1.82) is 0 Å². The molecule has 80 valence electrons. The highest BCUT2D eigenvalue weighted by Crippen LogP contribution is 1.95. The number of nitrogens with one attached hydrogen (secondary N) is 1. The summed E-state index contributed by atoms with van der Waals surface area (Å²) < 4.78 is 4.65. The van der Waals surface area contributed by atoms with E-state index >= 15 is 0 Å². The fraction of sp³-hybridized carbons (Fsp3) is 0.300. The molecule has 0 bridgehead atoms. The summed E-state index contributed by atoms with van der Waals surface area (Å²) in [6, 6.07) is 5.48. The maximum atomic E-state index is 10.9. The van der Waals surface area contributed by atoms with Crippen LogP contribution in [0.15, 0.2) is 29.5 Å². The van der Waals surface area contributed by atoms with Crippen LogP contribution < -0.4 is 5.43 Å². The van der Waals surface area contributed by atoms with Gasteiger partial charge in [0.1, 0.15) is 0 Å². The summed E-state index contributed by atoms with van der Waals surface area (Å²) in [5.74, 6) is 0. The van der Waals surface area contributed by atoms with E-state index < -0.39 is 6.09 Å². The van der Waals surface area contributed by atoms with Crippen LogP contribution in [0.25, 0.3) is 0 Å². The lowest BCUT2D eigenvalue weighted by Crippen LogP contribution is -2.20. The predicted octanol–water partition coefficient (Wildman–Crippen LogP) is 1.55. The molecule has 1 aromatic heterocycles. The Labute approximate surface area is 88.2 Å². The highest BCUT2D eigenvalue weighted by molar-refractivity contribution is 5.97. The zero-order chi connectivity index (χ0) is 11.1. The fourth-order valence-electron chi connectivity index (χ4n) is 0.927. The van der Waals surface area contributed by atoms with Gasteiger partial charge in [-0.05, 0) is 26.0 Å². The number of carbonyl (C=O) groups excluding carboxylic acids is 1. The molecule has 0 aliphatic heterocycles. The number of amides is 1. The van der Waals surface area contributed by atoms with Crippen LogP contribution in [0, 0.1) is 0 Å². The Morgan fingerprint density at radius 1 is 1.60 bits per heavy atom. The number of hydrogen-bond acceptors (Lipinski definition) is 4. The number of carbonyl (C=O) groups is 1. The molecular formula is C10H13N3O2. The van der Waals surface area contributed by atoms with Crippen molar-refractivity contribution in [3.05, 3.63) is 30.1 Å². The number of aromatic nitrogens is 1. The number of rotatable bonds is 3. The third kappa shape index (κ3) is 3.76. The minimum Gasteiger partial charge on any atom is -0.449 e. The molecule has 1 heterocycles. The van der Waals surface area contributed by atoms with Gasteiger partial charge in [0.25, 0.3) is 0 Å². The number of hydrazone groups is 1. The van der Waals surface area contributed by atoms with Crippen LogP contribution in [0.2, 0.25) is 0 Å². The van der Waals surface area contributed by atoms with Crippen molar-refractivity contribution in [1.82, 2.24) is 10.4 Å². The number of nitrogens with zero attached hydrogens (tertiary/aromatic N) is 2. The predicted molar refractivity (Wildman–Crippen MR) is 56.6 cm³/mol. The van der Waals surface area contributed by atoms with Crippen LogP contribution in [-0.2, 0) is 4.74 Å². The molecule has 15 heavy (non-hydrogen) atoms. The van der Waals surface area contributed by atoms with Crippen LogP contribution in [0.1, 0.15) is 19.5 Å². The second kappa shape index (κ2) is 5.74. The Kier molecular flexibility index (Phi) is 4.28. The zero-order valence-electron chi connectivity index (χ0n) is 8.73. The van der Waals surface area contributed by atoms with E-state index in [9.17, 15) is 4.79 Å². The largest absolute Gasteiger partial charge is 0.449 e. The maximum Gasteiger partial charge on any atom is 0.427 e. The molecule has 1 rings (SSSR count). The normalized spacial score (nSPS) is 10.9. The molecule has 0 atom stereocenters. The molecule has 5 nitrogen and oxygen atoms in total. The van der Waals surface area contributed by atoms with Crippen LogP contribution in [-0.4, -0.2) is 23.4 Å². The van der Waals surface area contributed by atoms with Crippen LogP contribution in [0.5, 0.6) is 0 Å². The second-order valence-electron chi connectivity index (χ2n) is 2.74. The smallest absolute Gasteiger partial charge is 0.427 e. The van der Waals surface area contributed by atoms with Crippen molar-refractivity contribution < 1.29 is 9.53 Å². The van der Waals surface area contributed by atoms with E-state index in [1.807, 2.05) is 18.2 Å². The van der Waals surface area contributed by atoms with Gasteiger partial charge < -0.3 is 4.74 Å². The molecule has 0 aliphatic rings. The first-order valence-electron chi connectivity index (χ1n) is 4.62. The van der Waals surface area contributed by atoms with Gasteiger partial charge >= 0.3 is 6.09 Å². The molecule has 0 saturated carbocycles. The van der Waals surface area contributed by atoms with E-state index in [4.69, 9.17) is 0 Å². The minimum atomic E-state index is -0.562. The van der Waals surface area contributed by atoms with Crippen molar-refractivity contribution in [2.75, 3.05) is 6.61 Å². The number of ether oxygens (including phenoxy) is 1. The molecule has 0 radical (unpaired) electrons. The molecule has 1 aromatic rings. The molecule has 0 unspecified atom stereocenters. The Bertz CT molecular complexity index is 349. The molecule has 0 fully saturated rings. The first-order chi connectivity index (χ1) is 7.24. The highest BCUT2D eigenvalue weighted by atomic mass is 16.5. The van der Waals surface area contributed by atoms with Crippen LogP contribution >= 0.6 is 0 Å². The Morgan fingerprint density at radius 3 is 3.00 bits per heavy atom. The summed E-state index contributed by atoms with van der Waals surface area (Å²) in [5.41, 5.74) is 3.61. The van der Waals surface area contributed by atoms with Gasteiger partial charge in [0.2, 0.25) is 0 Å². The van der Waals surface area contributed by atoms with Crippen molar-refractivity contribution >= 4 is 11.8 Å². The maximum absolute atomic E-state index is 10.9. The standard InChI is InChI=1S/C10H13N3O2/c1-3-15-10(14)13-12-8(2)9-6-4-5-7-11-9/h4-7H,3H2,1-2H3,(H,13,14)/b12-8+. The van der Waals surface area contributed by atoms with Crippen molar-refractivity contribution in [3.8, 4) is 0 Å². The SMILES string of the molecule is CCOC(=O)N/N=C(\C)c1ccccn1. The lowest BCUT2D eigenvalue weighted by Gasteiger charge is -2.01. The molecule has 0 saturated heterocycles. The van der Waals surface area contributed by atoms with Crippen molar-refractivity contribution in [3.63, 3.8) is 0 Å². The number of pyridine rings is 1. The van der Waals surface area contributed by atoms with Gasteiger partial charge in [-0.25, -0.2) is 10.2 Å². The monoisotopic (exact) mass is 207 g/mol. The summed E-state index contributed by atoms with van der Waals surface area (Å²) in [7, 11) is 0. The topological polar surface area (TPSA) is 63.6 Å². The highest BCUT2D eigenvalue weighted by Gasteiger charge is 2.00. The average Bonchev–Trinajstić information content (AvgIpc) is 2.27. The molecule has 1 N–H and O–H groups in total. The van der Waals surface area contributed by atoms with E-state index in [0.29, 0.717) is 18.0 Å².